The second-order valence-electron chi connectivity index (χ2n) is 8.96. The van der Waals surface area contributed by atoms with Crippen molar-refractivity contribution in [1.82, 2.24) is 20.6 Å². The van der Waals surface area contributed by atoms with Gasteiger partial charge in [-0.3, -0.25) is 5.43 Å². The van der Waals surface area contributed by atoms with Crippen molar-refractivity contribution >= 4 is 29.1 Å². The molecule has 1 aliphatic rings. The normalized spacial score (nSPS) is 15.9. The predicted molar refractivity (Wildman–Crippen MR) is 151 cm³/mol. The Hall–Kier alpha value is -4.77. The van der Waals surface area contributed by atoms with Crippen molar-refractivity contribution in [2.75, 3.05) is 20.3 Å². The Bertz CT molecular complexity index is 1460. The van der Waals surface area contributed by atoms with Gasteiger partial charge in [-0.1, -0.05) is 30.3 Å². The second-order valence-corrected chi connectivity index (χ2v) is 8.96. The first kappa shape index (κ1) is 28.2. The van der Waals surface area contributed by atoms with Crippen LogP contribution < -0.4 is 25.5 Å². The maximum atomic E-state index is 12.4. The molecule has 2 amide bonds. The van der Waals surface area contributed by atoms with Gasteiger partial charge in [0, 0.05) is 34.9 Å². The number of benzene rings is 2. The Labute approximate surface area is 232 Å². The Balaban J connectivity index is 1.45. The largest absolute Gasteiger partial charge is 0.490 e. The lowest BCUT2D eigenvalue weighted by atomic mass is 9.95. The number of hydrogen-bond donors (Lipinski definition) is 4. The summed E-state index contributed by atoms with van der Waals surface area (Å²) in [6, 6.07) is 11.8. The lowest BCUT2D eigenvalue weighted by Gasteiger charge is -2.28. The van der Waals surface area contributed by atoms with Gasteiger partial charge in [-0.2, -0.15) is 5.10 Å². The number of aliphatic hydroxyl groups excluding tert-OH is 1. The van der Waals surface area contributed by atoms with E-state index in [2.05, 4.69) is 32.3 Å². The second kappa shape index (κ2) is 12.9. The number of amides is 2. The molecule has 1 aromatic heterocycles. The molecule has 4 rings (SSSR count). The van der Waals surface area contributed by atoms with Crippen LogP contribution in [-0.2, 0) is 16.1 Å². The molecule has 210 valence electrons. The van der Waals surface area contributed by atoms with Crippen LogP contribution in [0.15, 0.2) is 77.7 Å². The minimum atomic E-state index is -1.10. The van der Waals surface area contributed by atoms with E-state index in [1.165, 1.54) is 7.11 Å². The molecule has 0 fully saturated rings. The van der Waals surface area contributed by atoms with Gasteiger partial charge in [0.05, 0.1) is 31.5 Å². The number of allylic oxidation sites excluding steroid dienone is 2. The first-order valence-corrected chi connectivity index (χ1v) is 12.8. The van der Waals surface area contributed by atoms with Crippen LogP contribution in [0.3, 0.4) is 0 Å². The number of methoxy groups -OCH3 is 1. The monoisotopic (exact) mass is 547 g/mol. The molecule has 2 atom stereocenters. The lowest BCUT2D eigenvalue weighted by Crippen LogP contribution is -2.45. The summed E-state index contributed by atoms with van der Waals surface area (Å²) in [5.41, 5.74) is 5.92. The molecule has 0 aliphatic carbocycles. The van der Waals surface area contributed by atoms with E-state index in [-0.39, 0.29) is 12.2 Å². The average molecular weight is 548 g/mol. The van der Waals surface area contributed by atoms with Gasteiger partial charge < -0.3 is 34.5 Å². The highest BCUT2D eigenvalue weighted by Gasteiger charge is 2.32. The molecule has 0 saturated heterocycles. The fraction of sp³-hybridized carbons (Fsp3) is 0.276. The van der Waals surface area contributed by atoms with E-state index in [0.29, 0.717) is 35.9 Å². The smallest absolute Gasteiger partial charge is 0.337 e. The Kier molecular flexibility index (Phi) is 9.07. The van der Waals surface area contributed by atoms with Gasteiger partial charge in [-0.05, 0) is 37.6 Å². The number of carbonyl (C=O) groups is 2. The van der Waals surface area contributed by atoms with Crippen LogP contribution in [0, 0.1) is 0 Å². The molecule has 0 radical (unpaired) electrons. The van der Waals surface area contributed by atoms with Crippen LogP contribution in [0.2, 0.25) is 0 Å². The summed E-state index contributed by atoms with van der Waals surface area (Å²) in [4.78, 5) is 24.5. The third kappa shape index (κ3) is 6.26. The molecule has 1 aliphatic heterocycles. The van der Waals surface area contributed by atoms with E-state index in [9.17, 15) is 14.7 Å². The zero-order valence-corrected chi connectivity index (χ0v) is 22.6. The first-order valence-electron chi connectivity index (χ1n) is 12.8. The van der Waals surface area contributed by atoms with E-state index < -0.39 is 24.3 Å². The number of hydrazone groups is 1. The number of hydrogen-bond acceptors (Lipinski definition) is 8. The molecule has 11 heteroatoms. The summed E-state index contributed by atoms with van der Waals surface area (Å²) in [7, 11) is 1.28. The molecule has 2 heterocycles. The third-order valence-corrected chi connectivity index (χ3v) is 6.24. The average Bonchev–Trinajstić information content (AvgIpc) is 3.29. The Morgan fingerprint density at radius 3 is 2.80 bits per heavy atom. The van der Waals surface area contributed by atoms with E-state index in [1.807, 2.05) is 43.5 Å². The van der Waals surface area contributed by atoms with Crippen molar-refractivity contribution in [3.05, 3.63) is 83.7 Å². The SMILES string of the molecule is C=CCn1cc(/C=N/N[C@H](O)COc2ccc([C@@H]3NC(=O)NC(C)=C3C(=O)OC)cc2OCC)c2ccccc21. The van der Waals surface area contributed by atoms with Crippen molar-refractivity contribution in [1.29, 1.82) is 0 Å². The third-order valence-electron chi connectivity index (χ3n) is 6.24. The molecule has 11 nitrogen and oxygen atoms in total. The number of urea groups is 1. The highest BCUT2D eigenvalue weighted by atomic mass is 16.5. The predicted octanol–water partition coefficient (Wildman–Crippen LogP) is 3.35. The lowest BCUT2D eigenvalue weighted by molar-refractivity contribution is -0.136. The van der Waals surface area contributed by atoms with Crippen molar-refractivity contribution in [2.45, 2.75) is 32.7 Å². The van der Waals surface area contributed by atoms with Gasteiger partial charge in [0.1, 0.15) is 6.61 Å². The summed E-state index contributed by atoms with van der Waals surface area (Å²) in [6.07, 6.45) is 4.34. The van der Waals surface area contributed by atoms with Crippen molar-refractivity contribution in [2.24, 2.45) is 5.10 Å². The van der Waals surface area contributed by atoms with Crippen LogP contribution in [0.4, 0.5) is 4.79 Å². The number of carbonyl (C=O) groups excluding carboxylic acids is 2. The summed E-state index contributed by atoms with van der Waals surface area (Å²) < 4.78 is 18.5. The molecule has 0 spiro atoms. The van der Waals surface area contributed by atoms with Gasteiger partial charge in [-0.25, -0.2) is 9.59 Å². The summed E-state index contributed by atoms with van der Waals surface area (Å²) in [6.45, 7) is 8.16. The number of para-hydroxylation sites is 1. The van der Waals surface area contributed by atoms with Crippen LogP contribution in [0.5, 0.6) is 11.5 Å². The summed E-state index contributed by atoms with van der Waals surface area (Å²) in [5, 5.41) is 21.0. The fourth-order valence-electron chi connectivity index (χ4n) is 4.48. The Morgan fingerprint density at radius 1 is 1.25 bits per heavy atom. The Morgan fingerprint density at radius 2 is 2.05 bits per heavy atom. The molecular weight excluding hydrogens is 514 g/mol. The van der Waals surface area contributed by atoms with Gasteiger partial charge >= 0.3 is 12.0 Å². The number of aromatic nitrogens is 1. The van der Waals surface area contributed by atoms with Crippen molar-refractivity contribution < 1.29 is 28.9 Å². The van der Waals surface area contributed by atoms with E-state index in [1.54, 1.807) is 31.3 Å². The number of fused-ring (bicyclic) bond motifs is 1. The number of nitrogens with zero attached hydrogens (tertiary/aromatic N) is 2. The summed E-state index contributed by atoms with van der Waals surface area (Å²) >= 11 is 0. The maximum absolute atomic E-state index is 12.4. The highest BCUT2D eigenvalue weighted by molar-refractivity contribution is 5.99. The maximum Gasteiger partial charge on any atom is 0.337 e. The van der Waals surface area contributed by atoms with Crippen LogP contribution in [0.1, 0.15) is 31.0 Å². The van der Waals surface area contributed by atoms with Crippen molar-refractivity contribution in [3.63, 3.8) is 0 Å². The molecule has 0 saturated carbocycles. The zero-order chi connectivity index (χ0) is 28.6. The minimum Gasteiger partial charge on any atom is -0.490 e. The molecular formula is C29H33N5O6. The molecule has 40 heavy (non-hydrogen) atoms. The van der Waals surface area contributed by atoms with Gasteiger partial charge in [0.25, 0.3) is 0 Å². The molecule has 4 N–H and O–H groups in total. The van der Waals surface area contributed by atoms with E-state index in [0.717, 1.165) is 16.5 Å². The quantitative estimate of drug-likeness (QED) is 0.0898. The van der Waals surface area contributed by atoms with Crippen molar-refractivity contribution in [3.8, 4) is 11.5 Å². The molecule has 0 bridgehead atoms. The number of esters is 1. The topological polar surface area (TPSA) is 135 Å². The van der Waals surface area contributed by atoms with Crippen LogP contribution in [0.25, 0.3) is 10.9 Å². The number of nitrogens with one attached hydrogen (secondary N) is 3. The molecule has 2 aromatic carbocycles. The molecule has 0 unspecified atom stereocenters. The first-order chi connectivity index (χ1) is 19.4. The fourth-order valence-corrected chi connectivity index (χ4v) is 4.48. The standard InChI is InChI=1S/C29H33N5O6/c1-5-13-34-16-20(21-9-7-8-10-22(21)34)15-30-33-25(35)17-40-23-12-11-19(14-24(23)39-6-2)27-26(28(36)38-4)18(3)31-29(37)32-27/h5,7-12,14-16,25,27,33,35H,1,6,13,17H2,2-4H3,(H2,31,32,37)/b30-15+/t25-,27+/m1/s1. The van der Waals surface area contributed by atoms with Gasteiger partial charge in [0.15, 0.2) is 17.7 Å². The molecule has 3 aromatic rings. The van der Waals surface area contributed by atoms with E-state index in [4.69, 9.17) is 14.2 Å². The minimum absolute atomic E-state index is 0.120. The highest BCUT2D eigenvalue weighted by Crippen LogP contribution is 2.35. The van der Waals surface area contributed by atoms with Crippen LogP contribution >= 0.6 is 0 Å². The summed E-state index contributed by atoms with van der Waals surface area (Å²) in [5.74, 6) is 0.206. The van der Waals surface area contributed by atoms with Crippen LogP contribution in [-0.4, -0.2) is 54.4 Å². The number of ether oxygens (including phenoxy) is 3. The van der Waals surface area contributed by atoms with Gasteiger partial charge in [-0.15, -0.1) is 6.58 Å². The zero-order valence-electron chi connectivity index (χ0n) is 22.6. The van der Waals surface area contributed by atoms with E-state index >= 15 is 0 Å². The number of aliphatic hydroxyl groups is 1. The number of rotatable bonds is 12. The van der Waals surface area contributed by atoms with Gasteiger partial charge in [0.2, 0.25) is 0 Å².